The summed E-state index contributed by atoms with van der Waals surface area (Å²) >= 11 is 0. The van der Waals surface area contributed by atoms with Crippen LogP contribution >= 0.6 is 0 Å². The van der Waals surface area contributed by atoms with E-state index in [1.807, 2.05) is 0 Å². The van der Waals surface area contributed by atoms with Crippen LogP contribution in [0.15, 0.2) is 11.6 Å². The van der Waals surface area contributed by atoms with Gasteiger partial charge in [0.2, 0.25) is 5.91 Å². The third-order valence-electron chi connectivity index (χ3n) is 1.35. The highest BCUT2D eigenvalue weighted by molar-refractivity contribution is 6.20. The van der Waals surface area contributed by atoms with Gasteiger partial charge in [-0.3, -0.25) is 14.9 Å². The Morgan fingerprint density at radius 2 is 2.25 bits per heavy atom. The van der Waals surface area contributed by atoms with Crippen LogP contribution in [0.25, 0.3) is 0 Å². The van der Waals surface area contributed by atoms with E-state index < -0.39 is 0 Å². The van der Waals surface area contributed by atoms with Crippen LogP contribution < -0.4 is 5.32 Å². The zero-order chi connectivity index (χ0) is 5.72. The summed E-state index contributed by atoms with van der Waals surface area (Å²) in [5.41, 5.74) is 0.648. The molecule has 0 bridgehead atoms. The predicted molar refractivity (Wildman–Crippen MR) is 24.7 cm³/mol. The van der Waals surface area contributed by atoms with Crippen LogP contribution in [0.1, 0.15) is 0 Å². The minimum absolute atomic E-state index is 0.150. The monoisotopic (exact) mass is 109 g/mol. The lowest BCUT2D eigenvalue weighted by Gasteiger charge is -1.85. The van der Waals surface area contributed by atoms with Crippen LogP contribution in [-0.4, -0.2) is 11.8 Å². The van der Waals surface area contributed by atoms with Crippen LogP contribution in [0.2, 0.25) is 0 Å². The number of hydrogen-bond acceptors (Lipinski definition) is 2. The highest BCUT2D eigenvalue weighted by atomic mass is 16.2. The van der Waals surface area contributed by atoms with Crippen LogP contribution in [0.3, 0.4) is 0 Å². The van der Waals surface area contributed by atoms with Gasteiger partial charge in [-0.05, 0) is 0 Å². The van der Waals surface area contributed by atoms with Crippen molar-refractivity contribution < 1.29 is 9.59 Å². The molecule has 1 saturated heterocycles. The van der Waals surface area contributed by atoms with Crippen molar-refractivity contribution in [2.75, 3.05) is 0 Å². The van der Waals surface area contributed by atoms with Gasteiger partial charge in [-0.15, -0.1) is 0 Å². The number of nitrogens with one attached hydrogen (secondary N) is 1. The second-order valence-electron chi connectivity index (χ2n) is 1.92. The van der Waals surface area contributed by atoms with Crippen molar-refractivity contribution in [3.05, 3.63) is 11.6 Å². The number of rotatable bonds is 0. The van der Waals surface area contributed by atoms with E-state index >= 15 is 0 Å². The summed E-state index contributed by atoms with van der Waals surface area (Å²) in [5, 5.41) is 2.17. The molecule has 8 heavy (non-hydrogen) atoms. The van der Waals surface area contributed by atoms with E-state index in [-0.39, 0.29) is 17.7 Å². The Labute approximate surface area is 45.4 Å². The Balaban J connectivity index is 2.40. The molecule has 2 aliphatic rings. The maximum Gasteiger partial charge on any atom is 0.254 e. The van der Waals surface area contributed by atoms with Crippen LogP contribution in [-0.2, 0) is 9.59 Å². The lowest BCUT2D eigenvalue weighted by atomic mass is 10.3. The largest absolute Gasteiger partial charge is 0.292 e. The van der Waals surface area contributed by atoms with Gasteiger partial charge in [0, 0.05) is 5.57 Å². The van der Waals surface area contributed by atoms with Gasteiger partial charge in [-0.2, -0.15) is 0 Å². The smallest absolute Gasteiger partial charge is 0.254 e. The van der Waals surface area contributed by atoms with E-state index in [2.05, 4.69) is 5.32 Å². The van der Waals surface area contributed by atoms with Crippen molar-refractivity contribution in [3.8, 4) is 0 Å². The van der Waals surface area contributed by atoms with Crippen molar-refractivity contribution in [2.45, 2.75) is 0 Å². The molecular weight excluding hydrogens is 106 g/mol. The minimum Gasteiger partial charge on any atom is -0.292 e. The van der Waals surface area contributed by atoms with E-state index in [0.717, 1.165) is 0 Å². The van der Waals surface area contributed by atoms with Crippen molar-refractivity contribution in [2.24, 2.45) is 5.92 Å². The van der Waals surface area contributed by atoms with E-state index in [4.69, 9.17) is 0 Å². The van der Waals surface area contributed by atoms with Gasteiger partial charge >= 0.3 is 0 Å². The molecule has 0 spiro atoms. The van der Waals surface area contributed by atoms with Gasteiger partial charge in [0.1, 0.15) is 0 Å². The zero-order valence-corrected chi connectivity index (χ0v) is 3.97. The third-order valence-corrected chi connectivity index (χ3v) is 1.35. The first-order valence-electron chi connectivity index (χ1n) is 2.36. The molecule has 1 atom stereocenters. The Hall–Kier alpha value is -1.12. The van der Waals surface area contributed by atoms with Gasteiger partial charge < -0.3 is 0 Å². The van der Waals surface area contributed by atoms with Crippen molar-refractivity contribution in [1.82, 2.24) is 5.32 Å². The third kappa shape index (κ3) is 0.258. The van der Waals surface area contributed by atoms with E-state index in [1.165, 1.54) is 0 Å². The molecule has 3 heteroatoms. The van der Waals surface area contributed by atoms with Gasteiger partial charge in [0.05, 0.1) is 5.92 Å². The number of carbonyl (C=O) groups excluding carboxylic acids is 2. The molecule has 1 heterocycles. The average molecular weight is 109 g/mol. The molecule has 40 valence electrons. The molecule has 3 nitrogen and oxygen atoms in total. The minimum atomic E-state index is -0.208. The van der Waals surface area contributed by atoms with Gasteiger partial charge in [-0.25, -0.2) is 0 Å². The lowest BCUT2D eigenvalue weighted by molar-refractivity contribution is -0.125. The molecule has 0 saturated carbocycles. The number of imide groups is 1. The molecule has 0 aromatic rings. The highest BCUT2D eigenvalue weighted by Gasteiger charge is 2.44. The number of carbonyl (C=O) groups is 2. The number of fused-ring (bicyclic) bond motifs is 1. The molecule has 0 radical (unpaired) electrons. The first kappa shape index (κ1) is 3.83. The van der Waals surface area contributed by atoms with Gasteiger partial charge in [0.15, 0.2) is 0 Å². The normalized spacial score (nSPS) is 31.5. The van der Waals surface area contributed by atoms with Crippen molar-refractivity contribution in [3.63, 3.8) is 0 Å². The first-order chi connectivity index (χ1) is 3.79. The summed E-state index contributed by atoms with van der Waals surface area (Å²) < 4.78 is 0. The molecule has 1 aliphatic heterocycles. The molecule has 0 aromatic heterocycles. The number of amides is 2. The molecular formula is C5H3NO2. The van der Waals surface area contributed by atoms with E-state index in [1.54, 1.807) is 6.08 Å². The highest BCUT2D eigenvalue weighted by Crippen LogP contribution is 2.33. The van der Waals surface area contributed by atoms with Gasteiger partial charge in [-0.1, -0.05) is 6.08 Å². The predicted octanol–water partition coefficient (Wildman–Crippen LogP) is -0.801. The lowest BCUT2D eigenvalue weighted by Crippen LogP contribution is -2.22. The SMILES string of the molecule is O=C1NC(=O)C2C=C12. The molecule has 1 fully saturated rings. The standard InChI is InChI=1S/C5H3NO2/c7-4-2-1-3(2)5(8)6-4/h1-2H,(H,6,7,8). The fraction of sp³-hybridized carbons (Fsp3) is 0.200. The summed E-state index contributed by atoms with van der Waals surface area (Å²) in [4.78, 5) is 20.9. The Kier molecular flexibility index (Phi) is 0.404. The summed E-state index contributed by atoms with van der Waals surface area (Å²) in [6, 6.07) is 0. The zero-order valence-electron chi connectivity index (χ0n) is 3.97. The van der Waals surface area contributed by atoms with Crippen LogP contribution in [0.5, 0.6) is 0 Å². The maximum atomic E-state index is 10.4. The van der Waals surface area contributed by atoms with Crippen molar-refractivity contribution in [1.29, 1.82) is 0 Å². The fourth-order valence-electron chi connectivity index (χ4n) is 0.827. The molecule has 0 aromatic carbocycles. The quantitative estimate of drug-likeness (QED) is 0.414. The summed E-state index contributed by atoms with van der Waals surface area (Å²) in [7, 11) is 0. The second-order valence-corrected chi connectivity index (χ2v) is 1.92. The second kappa shape index (κ2) is 0.844. The summed E-state index contributed by atoms with van der Waals surface area (Å²) in [6.07, 6.45) is 1.67. The Morgan fingerprint density at radius 1 is 1.50 bits per heavy atom. The number of hydrogen-bond donors (Lipinski definition) is 1. The van der Waals surface area contributed by atoms with Crippen molar-refractivity contribution >= 4 is 11.8 Å². The molecule has 2 amide bonds. The Bertz CT molecular complexity index is 216. The summed E-state index contributed by atoms with van der Waals surface area (Å²) in [6.45, 7) is 0. The van der Waals surface area contributed by atoms with Gasteiger partial charge in [0.25, 0.3) is 5.91 Å². The average Bonchev–Trinajstić information content (AvgIpc) is 2.35. The molecule has 1 aliphatic carbocycles. The maximum absolute atomic E-state index is 10.4. The topological polar surface area (TPSA) is 46.2 Å². The molecule has 2 rings (SSSR count). The molecule has 1 unspecified atom stereocenters. The first-order valence-corrected chi connectivity index (χ1v) is 2.36. The van der Waals surface area contributed by atoms with Crippen LogP contribution in [0, 0.1) is 5.92 Å². The Morgan fingerprint density at radius 3 is 2.38 bits per heavy atom. The van der Waals surface area contributed by atoms with E-state index in [0.29, 0.717) is 5.57 Å². The fourth-order valence-corrected chi connectivity index (χ4v) is 0.827. The molecule has 1 N–H and O–H groups in total. The summed E-state index contributed by atoms with van der Waals surface area (Å²) in [5.74, 6) is -0.521. The van der Waals surface area contributed by atoms with E-state index in [9.17, 15) is 9.59 Å². The van der Waals surface area contributed by atoms with Crippen LogP contribution in [0.4, 0.5) is 0 Å².